The highest BCUT2D eigenvalue weighted by Crippen LogP contribution is 2.29. The van der Waals surface area contributed by atoms with E-state index >= 15 is 0 Å². The number of carbonyl (C=O) groups excluding carboxylic acids is 1. The lowest BCUT2D eigenvalue weighted by Gasteiger charge is -2.28. The molecule has 1 saturated heterocycles. The van der Waals surface area contributed by atoms with E-state index in [0.29, 0.717) is 11.7 Å². The molecule has 1 unspecified atom stereocenters. The van der Waals surface area contributed by atoms with Crippen molar-refractivity contribution < 1.29 is 9.53 Å². The number of ether oxygens (including phenoxy) is 1. The summed E-state index contributed by atoms with van der Waals surface area (Å²) in [5.41, 5.74) is 0.801. The van der Waals surface area contributed by atoms with Crippen LogP contribution in [0.25, 0.3) is 0 Å². The zero-order valence-corrected chi connectivity index (χ0v) is 15.1. The fourth-order valence-electron chi connectivity index (χ4n) is 3.30. The van der Waals surface area contributed by atoms with Crippen molar-refractivity contribution in [1.29, 1.82) is 0 Å². The van der Waals surface area contributed by atoms with Gasteiger partial charge in [0, 0.05) is 18.3 Å². The molecule has 0 aliphatic carbocycles. The van der Waals surface area contributed by atoms with E-state index in [1.165, 1.54) is 0 Å². The van der Waals surface area contributed by atoms with Crippen molar-refractivity contribution in [2.45, 2.75) is 38.3 Å². The molecule has 3 rings (SSSR count). The summed E-state index contributed by atoms with van der Waals surface area (Å²) in [4.78, 5) is 12.7. The first kappa shape index (κ1) is 17.5. The minimum atomic E-state index is -0.570. The quantitative estimate of drug-likeness (QED) is 0.876. The second-order valence-corrected chi connectivity index (χ2v) is 6.96. The van der Waals surface area contributed by atoms with Crippen molar-refractivity contribution in [3.8, 4) is 5.75 Å². The van der Waals surface area contributed by atoms with E-state index in [1.807, 2.05) is 49.0 Å². The Bertz CT molecular complexity index is 733. The summed E-state index contributed by atoms with van der Waals surface area (Å²) in [5.74, 6) is 0.574. The van der Waals surface area contributed by atoms with Crippen LogP contribution in [0.4, 0.5) is 0 Å². The van der Waals surface area contributed by atoms with Gasteiger partial charge in [-0.05, 0) is 45.4 Å². The van der Waals surface area contributed by atoms with Crippen molar-refractivity contribution in [3.63, 3.8) is 0 Å². The first-order chi connectivity index (χ1) is 12.0. The number of hydrogen-bond acceptors (Lipinski definition) is 4. The molecular weight excluding hydrogens is 316 g/mol. The predicted octanol–water partition coefficient (Wildman–Crippen LogP) is 2.48. The summed E-state index contributed by atoms with van der Waals surface area (Å²) in [6, 6.07) is 9.82. The van der Waals surface area contributed by atoms with E-state index in [0.717, 1.165) is 37.2 Å². The number of benzene rings is 1. The largest absolute Gasteiger partial charge is 0.496 e. The molecule has 1 aliphatic rings. The number of rotatable bonds is 5. The van der Waals surface area contributed by atoms with Gasteiger partial charge in [-0.1, -0.05) is 18.2 Å². The summed E-state index contributed by atoms with van der Waals surface area (Å²) in [5, 5.41) is 10.9. The fraction of sp³-hybridized carbons (Fsp3) is 0.474. The number of aromatic nitrogens is 2. The lowest BCUT2D eigenvalue weighted by atomic mass is 9.93. The minimum absolute atomic E-state index is 0.182. The Morgan fingerprint density at radius 3 is 2.88 bits per heavy atom. The van der Waals surface area contributed by atoms with Crippen molar-refractivity contribution in [1.82, 2.24) is 20.4 Å². The van der Waals surface area contributed by atoms with Gasteiger partial charge in [-0.15, -0.1) is 0 Å². The number of methoxy groups -OCH3 is 1. The molecule has 2 aromatic rings. The smallest absolute Gasteiger partial charge is 0.272 e. The standard InChI is InChI=1S/C19H26N4O2/c1-19(2,15-8-4-5-9-17(15)25-3)21-18(24)16-10-12-23(22-16)14-7-6-11-20-13-14/h4-5,8-10,12,14,20H,6-7,11,13H2,1-3H3,(H,21,24). The summed E-state index contributed by atoms with van der Waals surface area (Å²) in [7, 11) is 1.64. The van der Waals surface area contributed by atoms with Gasteiger partial charge in [0.05, 0.1) is 18.7 Å². The van der Waals surface area contributed by atoms with Crippen LogP contribution < -0.4 is 15.4 Å². The van der Waals surface area contributed by atoms with Gasteiger partial charge < -0.3 is 15.4 Å². The number of carbonyl (C=O) groups is 1. The van der Waals surface area contributed by atoms with Gasteiger partial charge in [0.1, 0.15) is 11.4 Å². The third kappa shape index (κ3) is 3.85. The maximum Gasteiger partial charge on any atom is 0.272 e. The highest BCUT2D eigenvalue weighted by Gasteiger charge is 2.27. The predicted molar refractivity (Wildman–Crippen MR) is 96.9 cm³/mol. The molecule has 6 heteroatoms. The zero-order chi connectivity index (χ0) is 17.9. The third-order valence-corrected chi connectivity index (χ3v) is 4.69. The molecule has 6 nitrogen and oxygen atoms in total. The molecule has 1 atom stereocenters. The first-order valence-corrected chi connectivity index (χ1v) is 8.73. The van der Waals surface area contributed by atoms with Crippen molar-refractivity contribution in [2.24, 2.45) is 0 Å². The molecular formula is C19H26N4O2. The molecule has 134 valence electrons. The first-order valence-electron chi connectivity index (χ1n) is 8.73. The molecule has 0 radical (unpaired) electrons. The summed E-state index contributed by atoms with van der Waals surface area (Å²) < 4.78 is 7.32. The SMILES string of the molecule is COc1ccccc1C(C)(C)NC(=O)c1ccn(C2CCCNC2)n1. The highest BCUT2D eigenvalue weighted by atomic mass is 16.5. The monoisotopic (exact) mass is 342 g/mol. The number of piperidine rings is 1. The number of nitrogens with one attached hydrogen (secondary N) is 2. The van der Waals surface area contributed by atoms with Gasteiger partial charge in [0.25, 0.3) is 5.91 Å². The third-order valence-electron chi connectivity index (χ3n) is 4.69. The molecule has 1 fully saturated rings. The fourth-order valence-corrected chi connectivity index (χ4v) is 3.30. The maximum atomic E-state index is 12.7. The van der Waals surface area contributed by atoms with Crippen molar-refractivity contribution >= 4 is 5.91 Å². The minimum Gasteiger partial charge on any atom is -0.496 e. The topological polar surface area (TPSA) is 68.2 Å². The Hall–Kier alpha value is -2.34. The van der Waals surface area contributed by atoms with E-state index in [1.54, 1.807) is 13.2 Å². The molecule has 1 aromatic heterocycles. The maximum absolute atomic E-state index is 12.7. The van der Waals surface area contributed by atoms with Gasteiger partial charge in [-0.2, -0.15) is 5.10 Å². The van der Waals surface area contributed by atoms with Crippen LogP contribution in [-0.2, 0) is 5.54 Å². The Labute approximate surface area is 148 Å². The Kier molecular flexibility index (Phi) is 5.08. The lowest BCUT2D eigenvalue weighted by Crippen LogP contribution is -2.41. The highest BCUT2D eigenvalue weighted by molar-refractivity contribution is 5.92. The Balaban J connectivity index is 1.74. The van der Waals surface area contributed by atoms with Crippen molar-refractivity contribution in [2.75, 3.05) is 20.2 Å². The van der Waals surface area contributed by atoms with Crippen LogP contribution in [0.5, 0.6) is 5.75 Å². The molecule has 2 heterocycles. The van der Waals surface area contributed by atoms with E-state index in [9.17, 15) is 4.79 Å². The normalized spacial score (nSPS) is 18.0. The number of hydrogen-bond donors (Lipinski definition) is 2. The molecule has 0 bridgehead atoms. The molecule has 1 amide bonds. The van der Waals surface area contributed by atoms with Crippen LogP contribution in [0.15, 0.2) is 36.5 Å². The molecule has 1 aromatic carbocycles. The lowest BCUT2D eigenvalue weighted by molar-refractivity contribution is 0.0904. The Morgan fingerprint density at radius 2 is 2.16 bits per heavy atom. The van der Waals surface area contributed by atoms with Gasteiger partial charge in [0.15, 0.2) is 0 Å². The average Bonchev–Trinajstić information content (AvgIpc) is 3.12. The van der Waals surface area contributed by atoms with Crippen LogP contribution in [-0.4, -0.2) is 35.9 Å². The molecule has 1 aliphatic heterocycles. The number of nitrogens with zero attached hydrogens (tertiary/aromatic N) is 2. The molecule has 25 heavy (non-hydrogen) atoms. The summed E-state index contributed by atoms with van der Waals surface area (Å²) >= 11 is 0. The van der Waals surface area contributed by atoms with Gasteiger partial charge >= 0.3 is 0 Å². The second kappa shape index (κ2) is 7.27. The molecule has 0 saturated carbocycles. The van der Waals surface area contributed by atoms with Crippen LogP contribution in [0.2, 0.25) is 0 Å². The molecule has 0 spiro atoms. The zero-order valence-electron chi connectivity index (χ0n) is 15.1. The van der Waals surface area contributed by atoms with E-state index in [4.69, 9.17) is 4.74 Å². The molecule has 2 N–H and O–H groups in total. The Morgan fingerprint density at radius 1 is 1.36 bits per heavy atom. The average molecular weight is 342 g/mol. The van der Waals surface area contributed by atoms with Crippen LogP contribution in [0.1, 0.15) is 48.8 Å². The van der Waals surface area contributed by atoms with Gasteiger partial charge in [-0.3, -0.25) is 9.48 Å². The van der Waals surface area contributed by atoms with Crippen LogP contribution in [0, 0.1) is 0 Å². The van der Waals surface area contributed by atoms with E-state index in [-0.39, 0.29) is 5.91 Å². The van der Waals surface area contributed by atoms with Crippen molar-refractivity contribution in [3.05, 3.63) is 47.8 Å². The second-order valence-electron chi connectivity index (χ2n) is 6.96. The number of para-hydroxylation sites is 1. The van der Waals surface area contributed by atoms with E-state index < -0.39 is 5.54 Å². The summed E-state index contributed by atoms with van der Waals surface area (Å²) in [6.45, 7) is 5.88. The van der Waals surface area contributed by atoms with Gasteiger partial charge in [-0.25, -0.2) is 0 Å². The van der Waals surface area contributed by atoms with Gasteiger partial charge in [0.2, 0.25) is 0 Å². The summed E-state index contributed by atoms with van der Waals surface area (Å²) in [6.07, 6.45) is 4.11. The number of amides is 1. The van der Waals surface area contributed by atoms with Crippen LogP contribution >= 0.6 is 0 Å². The van der Waals surface area contributed by atoms with E-state index in [2.05, 4.69) is 15.7 Å². The van der Waals surface area contributed by atoms with Crippen LogP contribution in [0.3, 0.4) is 0 Å².